The standard InChI is InChI=1S/C9H5BrClNO/c10-9-4-8(13)6-2-1-5(11)3-7(6)12-9/h1-4H,(H,12,13). The highest BCUT2D eigenvalue weighted by molar-refractivity contribution is 9.10. The minimum absolute atomic E-state index is 0.0164. The molecule has 2 nitrogen and oxygen atoms in total. The van der Waals surface area contributed by atoms with E-state index in [9.17, 15) is 4.79 Å². The number of pyridine rings is 1. The first-order valence-electron chi connectivity index (χ1n) is 3.65. The highest BCUT2D eigenvalue weighted by Gasteiger charge is 2.00. The van der Waals surface area contributed by atoms with Gasteiger partial charge < -0.3 is 4.98 Å². The van der Waals surface area contributed by atoms with Gasteiger partial charge in [-0.25, -0.2) is 0 Å². The number of fused-ring (bicyclic) bond motifs is 1. The van der Waals surface area contributed by atoms with Crippen molar-refractivity contribution >= 4 is 38.4 Å². The predicted molar refractivity (Wildman–Crippen MR) is 57.3 cm³/mol. The Morgan fingerprint density at radius 2 is 2.08 bits per heavy atom. The van der Waals surface area contributed by atoms with Crippen LogP contribution in [0.25, 0.3) is 10.9 Å². The molecule has 1 aromatic carbocycles. The van der Waals surface area contributed by atoms with Crippen LogP contribution >= 0.6 is 27.5 Å². The second-order valence-electron chi connectivity index (χ2n) is 2.67. The van der Waals surface area contributed by atoms with Crippen LogP contribution in [0.2, 0.25) is 5.02 Å². The first kappa shape index (κ1) is 8.78. The maximum atomic E-state index is 11.4. The highest BCUT2D eigenvalue weighted by atomic mass is 79.9. The summed E-state index contributed by atoms with van der Waals surface area (Å²) in [6.45, 7) is 0. The lowest BCUT2D eigenvalue weighted by atomic mass is 10.2. The molecule has 0 amide bonds. The van der Waals surface area contributed by atoms with Gasteiger partial charge in [-0.3, -0.25) is 4.79 Å². The molecular formula is C9H5BrClNO. The van der Waals surface area contributed by atoms with E-state index >= 15 is 0 Å². The minimum Gasteiger partial charge on any atom is -0.349 e. The zero-order valence-corrected chi connectivity index (χ0v) is 8.82. The zero-order valence-electron chi connectivity index (χ0n) is 6.47. The summed E-state index contributed by atoms with van der Waals surface area (Å²) in [6, 6.07) is 6.63. The van der Waals surface area contributed by atoms with Crippen LogP contribution in [0.3, 0.4) is 0 Å². The van der Waals surface area contributed by atoms with Crippen molar-refractivity contribution in [1.29, 1.82) is 0 Å². The molecule has 1 N–H and O–H groups in total. The van der Waals surface area contributed by atoms with Crippen molar-refractivity contribution in [2.75, 3.05) is 0 Å². The van der Waals surface area contributed by atoms with Crippen molar-refractivity contribution in [2.24, 2.45) is 0 Å². The van der Waals surface area contributed by atoms with Crippen LogP contribution in [0.1, 0.15) is 0 Å². The molecule has 0 aliphatic carbocycles. The van der Waals surface area contributed by atoms with E-state index in [1.165, 1.54) is 6.07 Å². The fourth-order valence-corrected chi connectivity index (χ4v) is 1.79. The third-order valence-corrected chi connectivity index (χ3v) is 2.42. The summed E-state index contributed by atoms with van der Waals surface area (Å²) < 4.78 is 0.660. The Kier molecular flexibility index (Phi) is 2.14. The maximum absolute atomic E-state index is 11.4. The summed E-state index contributed by atoms with van der Waals surface area (Å²) in [5.74, 6) is 0. The topological polar surface area (TPSA) is 32.9 Å². The molecule has 66 valence electrons. The largest absolute Gasteiger partial charge is 0.349 e. The van der Waals surface area contributed by atoms with Crippen LogP contribution in [0.4, 0.5) is 0 Å². The fraction of sp³-hybridized carbons (Fsp3) is 0. The van der Waals surface area contributed by atoms with Crippen LogP contribution in [0.5, 0.6) is 0 Å². The lowest BCUT2D eigenvalue weighted by Crippen LogP contribution is -2.00. The van der Waals surface area contributed by atoms with Crippen molar-refractivity contribution in [3.63, 3.8) is 0 Å². The van der Waals surface area contributed by atoms with Crippen LogP contribution in [0.15, 0.2) is 33.7 Å². The number of H-pyrrole nitrogens is 1. The summed E-state index contributed by atoms with van der Waals surface area (Å²) in [5, 5.41) is 1.26. The summed E-state index contributed by atoms with van der Waals surface area (Å²) in [5.41, 5.74) is 0.726. The van der Waals surface area contributed by atoms with Gasteiger partial charge in [0.2, 0.25) is 0 Å². The van der Waals surface area contributed by atoms with Crippen LogP contribution in [-0.2, 0) is 0 Å². The number of hydrogen-bond acceptors (Lipinski definition) is 1. The van der Waals surface area contributed by atoms with Gasteiger partial charge in [0, 0.05) is 16.5 Å². The Balaban J connectivity index is 2.95. The molecule has 0 atom stereocenters. The maximum Gasteiger partial charge on any atom is 0.190 e. The number of benzene rings is 1. The average molecular weight is 259 g/mol. The Hall–Kier alpha value is -0.800. The Labute approximate surface area is 87.7 Å². The van der Waals surface area contributed by atoms with E-state index in [1.54, 1.807) is 18.2 Å². The molecule has 0 aliphatic rings. The van der Waals surface area contributed by atoms with Crippen molar-refractivity contribution in [2.45, 2.75) is 0 Å². The Morgan fingerprint density at radius 1 is 1.31 bits per heavy atom. The molecule has 1 aromatic heterocycles. The molecule has 0 radical (unpaired) electrons. The molecule has 0 unspecified atom stereocenters. The molecule has 2 rings (SSSR count). The number of rotatable bonds is 0. The third-order valence-electron chi connectivity index (χ3n) is 1.76. The van der Waals surface area contributed by atoms with Crippen molar-refractivity contribution < 1.29 is 0 Å². The van der Waals surface area contributed by atoms with E-state index in [2.05, 4.69) is 20.9 Å². The molecule has 0 saturated carbocycles. The number of aromatic amines is 1. The molecule has 0 saturated heterocycles. The molecule has 0 aliphatic heterocycles. The quantitative estimate of drug-likeness (QED) is 0.724. The molecule has 1 heterocycles. The molecule has 13 heavy (non-hydrogen) atoms. The molecule has 0 fully saturated rings. The van der Waals surface area contributed by atoms with Crippen molar-refractivity contribution in [3.8, 4) is 0 Å². The van der Waals surface area contributed by atoms with Crippen LogP contribution < -0.4 is 5.43 Å². The molecule has 0 spiro atoms. The molecular weight excluding hydrogens is 253 g/mol. The normalized spacial score (nSPS) is 10.6. The van der Waals surface area contributed by atoms with E-state index < -0.39 is 0 Å². The molecule has 2 aromatic rings. The van der Waals surface area contributed by atoms with Gasteiger partial charge in [0.1, 0.15) is 0 Å². The third kappa shape index (κ3) is 1.62. The van der Waals surface area contributed by atoms with Gasteiger partial charge >= 0.3 is 0 Å². The smallest absolute Gasteiger partial charge is 0.190 e. The Morgan fingerprint density at radius 3 is 2.85 bits per heavy atom. The van der Waals surface area contributed by atoms with E-state index in [-0.39, 0.29) is 5.43 Å². The van der Waals surface area contributed by atoms with Crippen LogP contribution in [0, 0.1) is 0 Å². The average Bonchev–Trinajstić information content (AvgIpc) is 2.02. The monoisotopic (exact) mass is 257 g/mol. The SMILES string of the molecule is O=c1cc(Br)[nH]c2cc(Cl)ccc12. The van der Waals surface area contributed by atoms with E-state index in [0.717, 1.165) is 5.52 Å². The second-order valence-corrected chi connectivity index (χ2v) is 3.96. The van der Waals surface area contributed by atoms with Gasteiger partial charge in [-0.1, -0.05) is 11.6 Å². The number of hydrogen-bond donors (Lipinski definition) is 1. The summed E-state index contributed by atoms with van der Waals surface area (Å²) in [6.07, 6.45) is 0. The number of nitrogens with one attached hydrogen (secondary N) is 1. The second kappa shape index (κ2) is 3.16. The summed E-state index contributed by atoms with van der Waals surface area (Å²) in [4.78, 5) is 14.4. The first-order valence-corrected chi connectivity index (χ1v) is 4.82. The summed E-state index contributed by atoms with van der Waals surface area (Å²) in [7, 11) is 0. The van der Waals surface area contributed by atoms with Gasteiger partial charge in [-0.15, -0.1) is 0 Å². The van der Waals surface area contributed by atoms with Crippen molar-refractivity contribution in [3.05, 3.63) is 44.1 Å². The number of halogens is 2. The van der Waals surface area contributed by atoms with Crippen LogP contribution in [-0.4, -0.2) is 4.98 Å². The van der Waals surface area contributed by atoms with Gasteiger partial charge in [0.25, 0.3) is 0 Å². The van der Waals surface area contributed by atoms with Gasteiger partial charge in [0.15, 0.2) is 5.43 Å². The van der Waals surface area contributed by atoms with Crippen molar-refractivity contribution in [1.82, 2.24) is 4.98 Å². The van der Waals surface area contributed by atoms with E-state index in [1.807, 2.05) is 0 Å². The molecule has 4 heteroatoms. The first-order chi connectivity index (χ1) is 6.16. The lowest BCUT2D eigenvalue weighted by Gasteiger charge is -1.98. The lowest BCUT2D eigenvalue weighted by molar-refractivity contribution is 1.33. The van der Waals surface area contributed by atoms with E-state index in [4.69, 9.17) is 11.6 Å². The van der Waals surface area contributed by atoms with Gasteiger partial charge in [-0.2, -0.15) is 0 Å². The fourth-order valence-electron chi connectivity index (χ4n) is 1.19. The highest BCUT2D eigenvalue weighted by Crippen LogP contribution is 2.16. The van der Waals surface area contributed by atoms with E-state index in [0.29, 0.717) is 15.0 Å². The minimum atomic E-state index is -0.0164. The molecule has 0 bridgehead atoms. The Bertz CT molecular complexity index is 515. The van der Waals surface area contributed by atoms with Gasteiger partial charge in [0.05, 0.1) is 10.1 Å². The van der Waals surface area contributed by atoms with Gasteiger partial charge in [-0.05, 0) is 34.1 Å². The number of aromatic nitrogens is 1. The zero-order chi connectivity index (χ0) is 9.42. The summed E-state index contributed by atoms with van der Waals surface area (Å²) >= 11 is 9.00. The predicted octanol–water partition coefficient (Wildman–Crippen LogP) is 2.94.